The molecule has 0 aliphatic rings. The van der Waals surface area contributed by atoms with Gasteiger partial charge in [0.15, 0.2) is 11.6 Å². The number of ketones is 2. The van der Waals surface area contributed by atoms with E-state index in [0.29, 0.717) is 23.6 Å². The second kappa shape index (κ2) is 26.9. The average Bonchev–Trinajstić information content (AvgIpc) is 3.17. The number of carbonyl (C=O) groups is 2. The molecule has 0 amide bonds. The van der Waals surface area contributed by atoms with Crippen LogP contribution in [0.4, 0.5) is 0 Å². The highest BCUT2D eigenvalue weighted by Crippen LogP contribution is 2.25. The summed E-state index contributed by atoms with van der Waals surface area (Å²) in [6.07, 6.45) is -0.557. The average molecular weight is 706 g/mol. The number of rotatable bonds is 17. The van der Waals surface area contributed by atoms with Gasteiger partial charge in [0, 0.05) is 17.0 Å². The predicted molar refractivity (Wildman–Crippen MR) is 205 cm³/mol. The molecule has 272 valence electrons. The molecule has 0 saturated carbocycles. The van der Waals surface area contributed by atoms with Gasteiger partial charge >= 0.3 is 0 Å². The maximum absolute atomic E-state index is 13.6. The molecule has 0 bridgehead atoms. The van der Waals surface area contributed by atoms with E-state index in [9.17, 15) is 14.7 Å². The van der Waals surface area contributed by atoms with Crippen molar-refractivity contribution in [3.05, 3.63) is 136 Å². The molecule has 4 aromatic rings. The molecule has 7 nitrogen and oxygen atoms in total. The van der Waals surface area contributed by atoms with Crippen molar-refractivity contribution in [2.45, 2.75) is 86.2 Å². The number of benzene rings is 4. The molecule has 0 aliphatic carbocycles. The molecule has 0 radical (unpaired) electrons. The van der Waals surface area contributed by atoms with Gasteiger partial charge < -0.3 is 25.1 Å². The standard InChI is InChI=1S/C35H35ClO6.C3H9N.2C2H6/c1-2-40-30-16-13-25(14-17-30)19-29-20-28(15-18-31(29)36)32(38)21-34(41-23-26-9-5-3-6-10-26)35(33(39)22-37)42-24-27-11-7-4-8-12-27;1-2-3-4;2*1-2/h3-18,20,34-35,37H,2,19,21-24H2,1H3;2-4H2,1H3;2*1-2H3/t34?,35-;;;/m1.../s1. The Hall–Kier alpha value is -3.85. The lowest BCUT2D eigenvalue weighted by Gasteiger charge is -2.26. The third-order valence-corrected chi connectivity index (χ3v) is 7.43. The maximum atomic E-state index is 13.6. The van der Waals surface area contributed by atoms with Crippen LogP contribution in [-0.4, -0.2) is 48.6 Å². The van der Waals surface area contributed by atoms with Gasteiger partial charge in [-0.15, -0.1) is 0 Å². The Balaban J connectivity index is 0.00000143. The second-order valence-corrected chi connectivity index (χ2v) is 11.1. The summed E-state index contributed by atoms with van der Waals surface area (Å²) in [5.74, 6) is 0.0140. The number of hydrogen-bond donors (Lipinski definition) is 2. The van der Waals surface area contributed by atoms with Crippen molar-refractivity contribution in [3.8, 4) is 5.75 Å². The van der Waals surface area contributed by atoms with Crippen LogP contribution in [0.15, 0.2) is 103 Å². The first kappa shape index (κ1) is 44.2. The van der Waals surface area contributed by atoms with Crippen molar-refractivity contribution in [2.24, 2.45) is 5.73 Å². The quantitative estimate of drug-likeness (QED) is 0.106. The van der Waals surface area contributed by atoms with Crippen LogP contribution in [0, 0.1) is 0 Å². The maximum Gasteiger partial charge on any atom is 0.189 e. The fourth-order valence-electron chi connectivity index (χ4n) is 4.56. The number of Topliss-reactive ketones (excluding diaryl/α,β-unsaturated/α-hetero) is 2. The van der Waals surface area contributed by atoms with Crippen molar-refractivity contribution in [2.75, 3.05) is 19.8 Å². The van der Waals surface area contributed by atoms with Crippen LogP contribution >= 0.6 is 11.6 Å². The zero-order valence-corrected chi connectivity index (χ0v) is 31.3. The van der Waals surface area contributed by atoms with Gasteiger partial charge in [-0.2, -0.15) is 0 Å². The topological polar surface area (TPSA) is 108 Å². The normalized spacial score (nSPS) is 11.3. The third kappa shape index (κ3) is 16.2. The van der Waals surface area contributed by atoms with Crippen LogP contribution in [-0.2, 0) is 33.9 Å². The van der Waals surface area contributed by atoms with Gasteiger partial charge in [-0.3, -0.25) is 9.59 Å². The molecule has 0 aliphatic heterocycles. The minimum Gasteiger partial charge on any atom is -0.494 e. The van der Waals surface area contributed by atoms with E-state index in [0.717, 1.165) is 41.0 Å². The van der Waals surface area contributed by atoms with E-state index in [1.54, 1.807) is 18.2 Å². The SMILES string of the molecule is CC.CC.CCCN.CCOc1ccc(Cc2cc(C(=O)CC(OCc3ccccc3)[C@H](OCc3ccccc3)C(=O)CO)ccc2Cl)cc1. The summed E-state index contributed by atoms with van der Waals surface area (Å²) in [6, 6.07) is 31.8. The highest BCUT2D eigenvalue weighted by molar-refractivity contribution is 6.31. The number of halogens is 1. The largest absolute Gasteiger partial charge is 0.494 e. The van der Waals surface area contributed by atoms with E-state index in [1.165, 1.54) is 0 Å². The zero-order chi connectivity index (χ0) is 37.1. The molecular weight excluding hydrogens is 650 g/mol. The Labute approximate surface area is 304 Å². The lowest BCUT2D eigenvalue weighted by Crippen LogP contribution is -2.41. The van der Waals surface area contributed by atoms with E-state index in [2.05, 4.69) is 6.92 Å². The van der Waals surface area contributed by atoms with Crippen molar-refractivity contribution in [1.29, 1.82) is 0 Å². The molecule has 0 heterocycles. The van der Waals surface area contributed by atoms with Crippen LogP contribution in [0.25, 0.3) is 0 Å². The zero-order valence-electron chi connectivity index (χ0n) is 30.6. The number of nitrogens with two attached hydrogens (primary N) is 1. The van der Waals surface area contributed by atoms with Crippen molar-refractivity contribution in [3.63, 3.8) is 0 Å². The monoisotopic (exact) mass is 705 g/mol. The lowest BCUT2D eigenvalue weighted by atomic mass is 9.96. The Morgan fingerprint density at radius 2 is 1.30 bits per heavy atom. The van der Waals surface area contributed by atoms with Gasteiger partial charge in [-0.05, 0) is 78.9 Å². The molecule has 4 aromatic carbocycles. The molecule has 0 fully saturated rings. The summed E-state index contributed by atoms with van der Waals surface area (Å²) in [6.45, 7) is 13.0. The summed E-state index contributed by atoms with van der Waals surface area (Å²) in [5.41, 5.74) is 9.05. The second-order valence-electron chi connectivity index (χ2n) is 10.7. The van der Waals surface area contributed by atoms with Crippen LogP contribution in [0.5, 0.6) is 5.75 Å². The number of aliphatic hydroxyl groups excluding tert-OH is 1. The van der Waals surface area contributed by atoms with Crippen LogP contribution < -0.4 is 10.5 Å². The molecule has 3 N–H and O–H groups in total. The molecule has 2 atom stereocenters. The minimum absolute atomic E-state index is 0.123. The van der Waals surface area contributed by atoms with Gasteiger partial charge in [-0.1, -0.05) is 119 Å². The van der Waals surface area contributed by atoms with E-state index in [4.69, 9.17) is 31.5 Å². The van der Waals surface area contributed by atoms with E-state index in [-0.39, 0.29) is 25.4 Å². The number of ether oxygens (including phenoxy) is 3. The minimum atomic E-state index is -1.14. The summed E-state index contributed by atoms with van der Waals surface area (Å²) in [4.78, 5) is 26.5. The lowest BCUT2D eigenvalue weighted by molar-refractivity contribution is -0.147. The van der Waals surface area contributed by atoms with Crippen LogP contribution in [0.1, 0.15) is 87.0 Å². The highest BCUT2D eigenvalue weighted by Gasteiger charge is 2.32. The molecule has 8 heteroatoms. The smallest absolute Gasteiger partial charge is 0.189 e. The summed E-state index contributed by atoms with van der Waals surface area (Å²) in [7, 11) is 0. The van der Waals surface area contributed by atoms with E-state index in [1.807, 2.05) is 120 Å². The van der Waals surface area contributed by atoms with E-state index < -0.39 is 24.6 Å². The summed E-state index contributed by atoms with van der Waals surface area (Å²) >= 11 is 6.51. The first-order valence-electron chi connectivity index (χ1n) is 17.6. The first-order valence-corrected chi connectivity index (χ1v) is 17.9. The Kier molecular flexibility index (Phi) is 23.8. The van der Waals surface area contributed by atoms with Crippen LogP contribution in [0.2, 0.25) is 5.02 Å². The molecule has 0 aromatic heterocycles. The molecule has 50 heavy (non-hydrogen) atoms. The third-order valence-electron chi connectivity index (χ3n) is 7.06. The summed E-state index contributed by atoms with van der Waals surface area (Å²) in [5, 5.41) is 10.3. The number of hydrogen-bond acceptors (Lipinski definition) is 7. The molecule has 4 rings (SSSR count). The molecule has 1 unspecified atom stereocenters. The fraction of sp³-hybridized carbons (Fsp3) is 0.381. The van der Waals surface area contributed by atoms with Crippen molar-refractivity contribution >= 4 is 23.2 Å². The Morgan fingerprint density at radius 3 is 1.80 bits per heavy atom. The number of carbonyl (C=O) groups excluding carboxylic acids is 2. The molecule has 0 spiro atoms. The van der Waals surface area contributed by atoms with Gasteiger partial charge in [0.05, 0.1) is 25.9 Å². The van der Waals surface area contributed by atoms with Gasteiger partial charge in [0.2, 0.25) is 0 Å². The number of aliphatic hydroxyl groups is 1. The fourth-order valence-corrected chi connectivity index (χ4v) is 4.75. The van der Waals surface area contributed by atoms with E-state index >= 15 is 0 Å². The molecule has 0 saturated heterocycles. The van der Waals surface area contributed by atoms with Crippen molar-refractivity contribution in [1.82, 2.24) is 0 Å². The first-order chi connectivity index (χ1) is 24.4. The Morgan fingerprint density at radius 1 is 0.760 bits per heavy atom. The predicted octanol–water partition coefficient (Wildman–Crippen LogP) is 9.04. The van der Waals surface area contributed by atoms with Crippen molar-refractivity contribution < 1.29 is 28.9 Å². The summed E-state index contributed by atoms with van der Waals surface area (Å²) < 4.78 is 17.7. The highest BCUT2D eigenvalue weighted by atomic mass is 35.5. The molecular formula is C42H56ClNO6. The van der Waals surface area contributed by atoms with Gasteiger partial charge in [0.25, 0.3) is 0 Å². The van der Waals surface area contributed by atoms with Gasteiger partial charge in [-0.25, -0.2) is 0 Å². The van der Waals surface area contributed by atoms with Gasteiger partial charge in [0.1, 0.15) is 18.5 Å². The Bertz CT molecular complexity index is 1460. The van der Waals surface area contributed by atoms with Crippen LogP contribution in [0.3, 0.4) is 0 Å².